The smallest absolute Gasteiger partial charge is 0.253 e. The molecule has 0 atom stereocenters. The molecule has 0 N–H and O–H groups in total. The van der Waals surface area contributed by atoms with Crippen LogP contribution in [0.4, 0.5) is 5.82 Å². The Hall–Kier alpha value is -1.40. The summed E-state index contributed by atoms with van der Waals surface area (Å²) in [5.41, 5.74) is 0. The largest absolute Gasteiger partial charge is 0.266 e. The van der Waals surface area contributed by atoms with Crippen LogP contribution in [0.2, 0.25) is 0 Å². The molecular weight excluding hydrogens is 316 g/mol. The number of nitrogens with zero attached hydrogens (tertiary/aromatic N) is 2. The normalized spacial score (nSPS) is 11.2. The highest BCUT2D eigenvalue weighted by atomic mass is 79.9. The Bertz CT molecular complexity index is 644. The topological polar surface area (TPSA) is 50.3 Å². The van der Waals surface area contributed by atoms with Crippen molar-refractivity contribution in [1.29, 1.82) is 0 Å². The summed E-state index contributed by atoms with van der Waals surface area (Å²) in [5.74, 6) is 0.383. The van der Waals surface area contributed by atoms with E-state index in [1.807, 2.05) is 0 Å². The van der Waals surface area contributed by atoms with E-state index in [-0.39, 0.29) is 4.90 Å². The Morgan fingerprint density at radius 1 is 1.11 bits per heavy atom. The van der Waals surface area contributed by atoms with Gasteiger partial charge in [-0.15, -0.1) is 0 Å². The lowest BCUT2D eigenvalue weighted by Gasteiger charge is -2.18. The highest BCUT2D eigenvalue weighted by Gasteiger charge is 2.23. The molecule has 0 aliphatic heterocycles. The molecule has 94 valence electrons. The number of hydrogen-bond acceptors (Lipinski definition) is 3. The third-order valence-corrected chi connectivity index (χ3v) is 5.22. The van der Waals surface area contributed by atoms with Crippen molar-refractivity contribution in [2.75, 3.05) is 11.4 Å². The Balaban J connectivity index is 2.48. The maximum absolute atomic E-state index is 12.4. The average molecular weight is 327 g/mol. The van der Waals surface area contributed by atoms with Crippen LogP contribution in [-0.2, 0) is 10.0 Å². The van der Waals surface area contributed by atoms with Crippen LogP contribution < -0.4 is 4.31 Å². The van der Waals surface area contributed by atoms with Gasteiger partial charge in [0.25, 0.3) is 10.0 Å². The standard InChI is InChI=1S/C12H11BrN2O2S/c1-15(12-8-4-5-9-14-12)18(16,17)11-7-3-2-6-10(11)13/h2-9H,1H3. The van der Waals surface area contributed by atoms with E-state index in [1.165, 1.54) is 7.05 Å². The lowest BCUT2D eigenvalue weighted by Crippen LogP contribution is -2.27. The molecule has 0 amide bonds. The zero-order valence-electron chi connectivity index (χ0n) is 9.62. The molecule has 0 unspecified atom stereocenters. The number of rotatable bonds is 3. The molecule has 2 rings (SSSR count). The van der Waals surface area contributed by atoms with E-state index in [0.29, 0.717) is 10.3 Å². The first kappa shape index (κ1) is 13.0. The summed E-state index contributed by atoms with van der Waals surface area (Å²) in [4.78, 5) is 4.25. The Kier molecular flexibility index (Phi) is 3.68. The van der Waals surface area contributed by atoms with Gasteiger partial charge in [0.2, 0.25) is 0 Å². The van der Waals surface area contributed by atoms with Gasteiger partial charge in [0, 0.05) is 17.7 Å². The van der Waals surface area contributed by atoms with E-state index < -0.39 is 10.0 Å². The minimum absolute atomic E-state index is 0.221. The summed E-state index contributed by atoms with van der Waals surface area (Å²) in [6.07, 6.45) is 1.56. The third kappa shape index (κ3) is 2.39. The van der Waals surface area contributed by atoms with Gasteiger partial charge in [0.05, 0.1) is 0 Å². The molecule has 0 fully saturated rings. The van der Waals surface area contributed by atoms with Gasteiger partial charge in [0.1, 0.15) is 10.7 Å². The van der Waals surface area contributed by atoms with Gasteiger partial charge >= 0.3 is 0 Å². The molecule has 0 bridgehead atoms. The van der Waals surface area contributed by atoms with Gasteiger partial charge in [-0.25, -0.2) is 13.4 Å². The van der Waals surface area contributed by atoms with Crippen molar-refractivity contribution in [3.05, 3.63) is 53.1 Å². The fourth-order valence-electron chi connectivity index (χ4n) is 1.46. The van der Waals surface area contributed by atoms with Crippen LogP contribution in [0.25, 0.3) is 0 Å². The van der Waals surface area contributed by atoms with Crippen molar-refractivity contribution < 1.29 is 8.42 Å². The molecule has 1 aromatic carbocycles. The molecular formula is C12H11BrN2O2S. The Labute approximate surface area is 114 Å². The van der Waals surface area contributed by atoms with E-state index in [0.717, 1.165) is 4.31 Å². The van der Waals surface area contributed by atoms with Crippen LogP contribution in [0, 0.1) is 0 Å². The SMILES string of the molecule is CN(c1ccccn1)S(=O)(=O)c1ccccc1Br. The van der Waals surface area contributed by atoms with Crippen LogP contribution >= 0.6 is 15.9 Å². The highest BCUT2D eigenvalue weighted by Crippen LogP contribution is 2.26. The molecule has 1 heterocycles. The van der Waals surface area contributed by atoms with Crippen LogP contribution in [0.1, 0.15) is 0 Å². The van der Waals surface area contributed by atoms with E-state index >= 15 is 0 Å². The summed E-state index contributed by atoms with van der Waals surface area (Å²) in [6, 6.07) is 11.8. The van der Waals surface area contributed by atoms with E-state index in [1.54, 1.807) is 48.7 Å². The lowest BCUT2D eigenvalue weighted by atomic mass is 10.4. The van der Waals surface area contributed by atoms with Crippen LogP contribution in [0.3, 0.4) is 0 Å². The molecule has 0 aliphatic rings. The van der Waals surface area contributed by atoms with Crippen molar-refractivity contribution in [1.82, 2.24) is 4.98 Å². The van der Waals surface area contributed by atoms with Crippen LogP contribution in [0.15, 0.2) is 58.0 Å². The second-order valence-corrected chi connectivity index (χ2v) is 6.38. The summed E-state index contributed by atoms with van der Waals surface area (Å²) in [6.45, 7) is 0. The molecule has 0 radical (unpaired) electrons. The fraction of sp³-hybridized carbons (Fsp3) is 0.0833. The number of sulfonamides is 1. The summed E-state index contributed by atoms with van der Waals surface area (Å²) < 4.78 is 26.5. The first-order chi connectivity index (χ1) is 8.53. The van der Waals surface area contributed by atoms with Gasteiger partial charge in [0.15, 0.2) is 0 Å². The minimum Gasteiger partial charge on any atom is -0.253 e. The molecule has 6 heteroatoms. The zero-order chi connectivity index (χ0) is 13.2. The molecule has 4 nitrogen and oxygen atoms in total. The predicted octanol–water partition coefficient (Wildman–Crippen LogP) is 2.67. The maximum Gasteiger partial charge on any atom is 0.266 e. The average Bonchev–Trinajstić information content (AvgIpc) is 2.39. The third-order valence-electron chi connectivity index (χ3n) is 2.45. The number of hydrogen-bond donors (Lipinski definition) is 0. The Morgan fingerprint density at radius 3 is 2.39 bits per heavy atom. The van der Waals surface area contributed by atoms with E-state index in [4.69, 9.17) is 0 Å². The van der Waals surface area contributed by atoms with Gasteiger partial charge in [-0.05, 0) is 40.2 Å². The first-order valence-electron chi connectivity index (χ1n) is 5.18. The van der Waals surface area contributed by atoms with Crippen molar-refractivity contribution in [3.8, 4) is 0 Å². The Morgan fingerprint density at radius 2 is 1.78 bits per heavy atom. The number of benzene rings is 1. The van der Waals surface area contributed by atoms with Gasteiger partial charge in [-0.2, -0.15) is 0 Å². The summed E-state index contributed by atoms with van der Waals surface area (Å²) in [5, 5.41) is 0. The number of aromatic nitrogens is 1. The fourth-order valence-corrected chi connectivity index (χ4v) is 3.58. The highest BCUT2D eigenvalue weighted by molar-refractivity contribution is 9.10. The molecule has 0 spiro atoms. The molecule has 0 saturated carbocycles. The van der Waals surface area contributed by atoms with Crippen molar-refractivity contribution in [2.45, 2.75) is 4.90 Å². The number of halogens is 1. The molecule has 1 aromatic heterocycles. The van der Waals surface area contributed by atoms with Crippen molar-refractivity contribution in [3.63, 3.8) is 0 Å². The van der Waals surface area contributed by atoms with E-state index in [2.05, 4.69) is 20.9 Å². The zero-order valence-corrected chi connectivity index (χ0v) is 12.0. The molecule has 0 aliphatic carbocycles. The summed E-state index contributed by atoms with van der Waals surface area (Å²) >= 11 is 3.25. The lowest BCUT2D eigenvalue weighted by molar-refractivity contribution is 0.593. The number of pyridine rings is 1. The van der Waals surface area contributed by atoms with Crippen molar-refractivity contribution >= 4 is 31.8 Å². The second-order valence-electron chi connectivity index (χ2n) is 3.59. The molecule has 0 saturated heterocycles. The quantitative estimate of drug-likeness (QED) is 0.871. The van der Waals surface area contributed by atoms with Crippen molar-refractivity contribution in [2.24, 2.45) is 0 Å². The van der Waals surface area contributed by atoms with Gasteiger partial charge in [-0.1, -0.05) is 18.2 Å². The monoisotopic (exact) mass is 326 g/mol. The molecule has 18 heavy (non-hydrogen) atoms. The van der Waals surface area contributed by atoms with Crippen LogP contribution in [0.5, 0.6) is 0 Å². The van der Waals surface area contributed by atoms with E-state index in [9.17, 15) is 8.42 Å². The number of anilines is 1. The molecule has 2 aromatic rings. The van der Waals surface area contributed by atoms with Gasteiger partial charge < -0.3 is 0 Å². The summed E-state index contributed by atoms with van der Waals surface area (Å²) in [7, 11) is -2.12. The first-order valence-corrected chi connectivity index (χ1v) is 7.41. The maximum atomic E-state index is 12.4. The minimum atomic E-state index is -3.60. The van der Waals surface area contributed by atoms with Crippen LogP contribution in [-0.4, -0.2) is 20.4 Å². The second kappa shape index (κ2) is 5.07. The predicted molar refractivity (Wildman–Crippen MR) is 74.0 cm³/mol. The van der Waals surface area contributed by atoms with Gasteiger partial charge in [-0.3, -0.25) is 4.31 Å².